The Morgan fingerprint density at radius 2 is 1.88 bits per heavy atom. The number of hydrogen-bond donors (Lipinski definition) is 0. The van der Waals surface area contributed by atoms with Crippen molar-refractivity contribution < 1.29 is 13.9 Å². The van der Waals surface area contributed by atoms with Crippen LogP contribution in [0.3, 0.4) is 0 Å². The molecule has 0 aliphatic heterocycles. The number of aromatic nitrogens is 4. The fourth-order valence-electron chi connectivity index (χ4n) is 2.20. The second-order valence-corrected chi connectivity index (χ2v) is 5.89. The molecular weight excluding hydrogens is 343 g/mol. The van der Waals surface area contributed by atoms with Gasteiger partial charge in [-0.05, 0) is 43.3 Å². The van der Waals surface area contributed by atoms with Crippen molar-refractivity contribution in [2.24, 2.45) is 0 Å². The molecule has 25 heavy (non-hydrogen) atoms. The van der Waals surface area contributed by atoms with Crippen molar-refractivity contribution in [2.75, 3.05) is 12.4 Å². The number of benzene rings is 1. The molecule has 0 aliphatic carbocycles. The van der Waals surface area contributed by atoms with Crippen molar-refractivity contribution in [3.8, 4) is 17.1 Å². The number of carbonyl (C=O) groups is 1. The maximum atomic E-state index is 13.3. The quantitative estimate of drug-likeness (QED) is 0.498. The summed E-state index contributed by atoms with van der Waals surface area (Å²) in [6, 6.07) is 9.63. The van der Waals surface area contributed by atoms with Crippen LogP contribution < -0.4 is 0 Å². The van der Waals surface area contributed by atoms with E-state index in [9.17, 15) is 9.18 Å². The van der Waals surface area contributed by atoms with Crippen LogP contribution in [0.15, 0.2) is 53.9 Å². The highest BCUT2D eigenvalue weighted by Crippen LogP contribution is 2.27. The number of halogens is 1. The van der Waals surface area contributed by atoms with Crippen LogP contribution in [0.1, 0.15) is 6.92 Å². The second kappa shape index (κ2) is 7.89. The van der Waals surface area contributed by atoms with Gasteiger partial charge in [-0.3, -0.25) is 14.3 Å². The van der Waals surface area contributed by atoms with Crippen LogP contribution in [-0.4, -0.2) is 38.1 Å². The normalized spacial score (nSPS) is 10.6. The van der Waals surface area contributed by atoms with Gasteiger partial charge in [0.05, 0.1) is 12.4 Å². The highest BCUT2D eigenvalue weighted by molar-refractivity contribution is 7.99. The molecule has 128 valence electrons. The van der Waals surface area contributed by atoms with Crippen LogP contribution in [-0.2, 0) is 9.53 Å². The molecule has 0 radical (unpaired) electrons. The maximum absolute atomic E-state index is 13.3. The summed E-state index contributed by atoms with van der Waals surface area (Å²) in [5, 5.41) is 8.92. The summed E-state index contributed by atoms with van der Waals surface area (Å²) in [5.74, 6) is 0.0405. The Labute approximate surface area is 148 Å². The SMILES string of the molecule is CCOC(=O)CSc1nnc(-c2ccncc2)n1-c1ccc(F)cc1. The van der Waals surface area contributed by atoms with E-state index in [0.29, 0.717) is 23.3 Å². The lowest BCUT2D eigenvalue weighted by molar-refractivity contribution is -0.139. The first-order valence-electron chi connectivity index (χ1n) is 7.59. The molecule has 0 aliphatic rings. The predicted molar refractivity (Wildman–Crippen MR) is 91.9 cm³/mol. The Morgan fingerprint density at radius 1 is 1.16 bits per heavy atom. The fourth-order valence-corrected chi connectivity index (χ4v) is 2.95. The Balaban J connectivity index is 1.99. The molecule has 0 saturated carbocycles. The van der Waals surface area contributed by atoms with Crippen molar-refractivity contribution >= 4 is 17.7 Å². The number of ether oxygens (including phenoxy) is 1. The summed E-state index contributed by atoms with van der Waals surface area (Å²) in [6.45, 7) is 2.08. The predicted octanol–water partition coefficient (Wildman–Crippen LogP) is 3.12. The molecule has 3 aromatic rings. The van der Waals surface area contributed by atoms with Gasteiger partial charge in [0.2, 0.25) is 0 Å². The van der Waals surface area contributed by atoms with Gasteiger partial charge < -0.3 is 4.74 Å². The Morgan fingerprint density at radius 3 is 2.56 bits per heavy atom. The van der Waals surface area contributed by atoms with E-state index in [1.165, 1.54) is 23.9 Å². The first-order chi connectivity index (χ1) is 12.2. The molecular formula is C17H15FN4O2S. The Kier molecular flexibility index (Phi) is 5.39. The number of nitrogens with zero attached hydrogens (tertiary/aromatic N) is 4. The van der Waals surface area contributed by atoms with Gasteiger partial charge in [0.25, 0.3) is 0 Å². The molecule has 2 aromatic heterocycles. The minimum Gasteiger partial charge on any atom is -0.465 e. The average molecular weight is 358 g/mol. The third-order valence-electron chi connectivity index (χ3n) is 3.28. The van der Waals surface area contributed by atoms with E-state index >= 15 is 0 Å². The van der Waals surface area contributed by atoms with Crippen LogP contribution in [0.4, 0.5) is 4.39 Å². The molecule has 0 bridgehead atoms. The minimum absolute atomic E-state index is 0.115. The second-order valence-electron chi connectivity index (χ2n) is 4.95. The smallest absolute Gasteiger partial charge is 0.316 e. The van der Waals surface area contributed by atoms with E-state index < -0.39 is 0 Å². The monoisotopic (exact) mass is 358 g/mol. The lowest BCUT2D eigenvalue weighted by Crippen LogP contribution is -2.08. The van der Waals surface area contributed by atoms with Crippen molar-refractivity contribution in [2.45, 2.75) is 12.1 Å². The van der Waals surface area contributed by atoms with Gasteiger partial charge in [0, 0.05) is 23.6 Å². The van der Waals surface area contributed by atoms with Crippen LogP contribution in [0.25, 0.3) is 17.1 Å². The van der Waals surface area contributed by atoms with Crippen molar-refractivity contribution in [3.05, 3.63) is 54.6 Å². The lowest BCUT2D eigenvalue weighted by Gasteiger charge is -2.10. The topological polar surface area (TPSA) is 69.9 Å². The van der Waals surface area contributed by atoms with Crippen LogP contribution in [0.2, 0.25) is 0 Å². The van der Waals surface area contributed by atoms with Gasteiger partial charge in [-0.15, -0.1) is 10.2 Å². The molecule has 3 rings (SSSR count). The zero-order chi connectivity index (χ0) is 17.6. The molecule has 8 heteroatoms. The third-order valence-corrected chi connectivity index (χ3v) is 4.18. The summed E-state index contributed by atoms with van der Waals surface area (Å²) in [4.78, 5) is 15.6. The third kappa shape index (κ3) is 4.03. The van der Waals surface area contributed by atoms with E-state index in [-0.39, 0.29) is 17.5 Å². The number of pyridine rings is 1. The van der Waals surface area contributed by atoms with E-state index in [2.05, 4.69) is 15.2 Å². The van der Waals surface area contributed by atoms with Crippen molar-refractivity contribution in [1.82, 2.24) is 19.7 Å². The molecule has 0 unspecified atom stereocenters. The highest BCUT2D eigenvalue weighted by atomic mass is 32.2. The van der Waals surface area contributed by atoms with Crippen LogP contribution >= 0.6 is 11.8 Å². The number of rotatable bonds is 6. The van der Waals surface area contributed by atoms with Gasteiger partial charge in [0.1, 0.15) is 5.82 Å². The molecule has 6 nitrogen and oxygen atoms in total. The largest absolute Gasteiger partial charge is 0.465 e. The summed E-state index contributed by atoms with van der Waals surface area (Å²) >= 11 is 1.22. The average Bonchev–Trinajstić information content (AvgIpc) is 3.05. The molecule has 0 saturated heterocycles. The van der Waals surface area contributed by atoms with Crippen molar-refractivity contribution in [3.63, 3.8) is 0 Å². The Bertz CT molecular complexity index is 853. The molecule has 1 aromatic carbocycles. The maximum Gasteiger partial charge on any atom is 0.316 e. The number of thioether (sulfide) groups is 1. The van der Waals surface area contributed by atoms with Gasteiger partial charge in [-0.1, -0.05) is 11.8 Å². The van der Waals surface area contributed by atoms with Crippen LogP contribution in [0.5, 0.6) is 0 Å². The molecule has 2 heterocycles. The van der Waals surface area contributed by atoms with Crippen LogP contribution in [0, 0.1) is 5.82 Å². The van der Waals surface area contributed by atoms with E-state index in [1.807, 2.05) is 12.1 Å². The van der Waals surface area contributed by atoms with Gasteiger partial charge in [0.15, 0.2) is 11.0 Å². The molecule has 0 N–H and O–H groups in total. The molecule has 0 amide bonds. The highest BCUT2D eigenvalue weighted by Gasteiger charge is 2.17. The fraction of sp³-hybridized carbons (Fsp3) is 0.176. The van der Waals surface area contributed by atoms with Gasteiger partial charge in [-0.25, -0.2) is 4.39 Å². The molecule has 0 spiro atoms. The number of carbonyl (C=O) groups excluding carboxylic acids is 1. The Hall–Kier alpha value is -2.74. The molecule has 0 fully saturated rings. The van der Waals surface area contributed by atoms with Gasteiger partial charge >= 0.3 is 5.97 Å². The minimum atomic E-state index is -0.331. The van der Waals surface area contributed by atoms with Gasteiger partial charge in [-0.2, -0.15) is 0 Å². The first kappa shape index (κ1) is 17.1. The zero-order valence-corrected chi connectivity index (χ0v) is 14.2. The summed E-state index contributed by atoms with van der Waals surface area (Å²) in [6.07, 6.45) is 3.31. The molecule has 0 atom stereocenters. The summed E-state index contributed by atoms with van der Waals surface area (Å²) in [7, 11) is 0. The van der Waals surface area contributed by atoms with Crippen molar-refractivity contribution in [1.29, 1.82) is 0 Å². The zero-order valence-electron chi connectivity index (χ0n) is 13.4. The lowest BCUT2D eigenvalue weighted by atomic mass is 10.2. The summed E-state index contributed by atoms with van der Waals surface area (Å²) < 4.78 is 20.0. The van der Waals surface area contributed by atoms with E-state index in [1.54, 1.807) is 36.0 Å². The van der Waals surface area contributed by atoms with E-state index in [0.717, 1.165) is 5.56 Å². The summed E-state index contributed by atoms with van der Waals surface area (Å²) in [5.41, 5.74) is 1.51. The number of hydrogen-bond acceptors (Lipinski definition) is 6. The standard InChI is InChI=1S/C17H15FN4O2S/c1-2-24-15(23)11-25-17-21-20-16(12-7-9-19-10-8-12)22(17)14-5-3-13(18)4-6-14/h3-10H,2,11H2,1H3. The number of esters is 1. The van der Waals surface area contributed by atoms with E-state index in [4.69, 9.17) is 4.74 Å². The first-order valence-corrected chi connectivity index (χ1v) is 8.57.